The van der Waals surface area contributed by atoms with Crippen molar-refractivity contribution < 1.29 is 28.0 Å². The van der Waals surface area contributed by atoms with Crippen molar-refractivity contribution in [1.82, 2.24) is 4.31 Å². The Balaban J connectivity index is 3.17. The molecule has 0 aliphatic heterocycles. The Kier molecular flexibility index (Phi) is 5.76. The monoisotopic (exact) mass is 318 g/mol. The van der Waals surface area contributed by atoms with Gasteiger partial charge in [-0.1, -0.05) is 6.07 Å². The van der Waals surface area contributed by atoms with Crippen molar-refractivity contribution in [1.29, 1.82) is 0 Å². The van der Waals surface area contributed by atoms with Crippen molar-refractivity contribution in [2.75, 3.05) is 26.8 Å². The zero-order valence-corrected chi connectivity index (χ0v) is 11.9. The highest BCUT2D eigenvalue weighted by molar-refractivity contribution is 7.89. The number of methoxy groups -OCH3 is 1. The summed E-state index contributed by atoms with van der Waals surface area (Å²) in [6, 6.07) is 4.43. The van der Waals surface area contributed by atoms with E-state index in [2.05, 4.69) is 0 Å². The minimum Gasteiger partial charge on any atom is -0.480 e. The van der Waals surface area contributed by atoms with E-state index in [-0.39, 0.29) is 18.0 Å². The van der Waals surface area contributed by atoms with Gasteiger partial charge in [-0.25, -0.2) is 8.42 Å². The van der Waals surface area contributed by atoms with Crippen LogP contribution in [0.3, 0.4) is 0 Å². The number of nitro benzene ring substituents is 1. The average Bonchev–Trinajstić information content (AvgIpc) is 2.43. The Morgan fingerprint density at radius 2 is 2.14 bits per heavy atom. The smallest absolute Gasteiger partial charge is 0.318 e. The van der Waals surface area contributed by atoms with Crippen LogP contribution in [0.15, 0.2) is 29.2 Å². The molecule has 0 radical (unpaired) electrons. The van der Waals surface area contributed by atoms with Crippen molar-refractivity contribution in [3.05, 3.63) is 34.4 Å². The standard InChI is InChI=1S/C11H14N2O7S/c1-20-6-5-12(8-11(14)15)21(18,19)10-4-2-3-9(7-10)13(16)17/h2-4,7H,5-6,8H2,1H3,(H,14,15). The number of hydrogen-bond donors (Lipinski definition) is 1. The Morgan fingerprint density at radius 1 is 1.48 bits per heavy atom. The van der Waals surface area contributed by atoms with Crippen LogP contribution in [0.4, 0.5) is 5.69 Å². The number of nitro groups is 1. The molecular weight excluding hydrogens is 304 g/mol. The molecule has 116 valence electrons. The molecule has 1 rings (SSSR count). The number of aliphatic carboxylic acids is 1. The van der Waals surface area contributed by atoms with Crippen molar-refractivity contribution >= 4 is 21.7 Å². The SMILES string of the molecule is COCCN(CC(=O)O)S(=O)(=O)c1cccc([N+](=O)[O-])c1. The number of carboxylic acid groups (broad SMARTS) is 1. The fourth-order valence-corrected chi connectivity index (χ4v) is 2.95. The summed E-state index contributed by atoms with van der Waals surface area (Å²) in [5.41, 5.74) is -0.391. The minimum atomic E-state index is -4.16. The van der Waals surface area contributed by atoms with Crippen molar-refractivity contribution in [2.45, 2.75) is 4.90 Å². The summed E-state index contributed by atoms with van der Waals surface area (Å²) in [7, 11) is -2.81. The fraction of sp³-hybridized carbons (Fsp3) is 0.364. The molecule has 9 nitrogen and oxygen atoms in total. The van der Waals surface area contributed by atoms with E-state index in [9.17, 15) is 23.3 Å². The molecule has 0 saturated carbocycles. The summed E-state index contributed by atoms with van der Waals surface area (Å²) >= 11 is 0. The second kappa shape index (κ2) is 7.11. The first kappa shape index (κ1) is 17.0. The normalized spacial score (nSPS) is 11.5. The largest absolute Gasteiger partial charge is 0.480 e. The number of non-ortho nitro benzene ring substituents is 1. The maximum absolute atomic E-state index is 12.3. The number of rotatable bonds is 8. The molecular formula is C11H14N2O7S. The van der Waals surface area contributed by atoms with Crippen molar-refractivity contribution in [3.63, 3.8) is 0 Å². The molecule has 0 amide bonds. The predicted octanol–water partition coefficient (Wildman–Crippen LogP) is 0.316. The third kappa shape index (κ3) is 4.48. The zero-order valence-electron chi connectivity index (χ0n) is 11.1. The molecule has 0 fully saturated rings. The van der Waals surface area contributed by atoms with Gasteiger partial charge in [0.05, 0.1) is 16.4 Å². The van der Waals surface area contributed by atoms with Gasteiger partial charge in [0.15, 0.2) is 0 Å². The quantitative estimate of drug-likeness (QED) is 0.540. The maximum Gasteiger partial charge on any atom is 0.318 e. The molecule has 0 unspecified atom stereocenters. The molecule has 0 saturated heterocycles. The van der Waals surface area contributed by atoms with Gasteiger partial charge in [-0.3, -0.25) is 14.9 Å². The predicted molar refractivity (Wildman–Crippen MR) is 71.4 cm³/mol. The van der Waals surface area contributed by atoms with E-state index in [0.717, 1.165) is 12.1 Å². The number of benzene rings is 1. The van der Waals surface area contributed by atoms with E-state index >= 15 is 0 Å². The van der Waals surface area contributed by atoms with E-state index in [1.165, 1.54) is 19.2 Å². The van der Waals surface area contributed by atoms with Crippen LogP contribution in [0.5, 0.6) is 0 Å². The zero-order chi connectivity index (χ0) is 16.0. The highest BCUT2D eigenvalue weighted by Crippen LogP contribution is 2.20. The van der Waals surface area contributed by atoms with E-state index in [4.69, 9.17) is 9.84 Å². The third-order valence-corrected chi connectivity index (χ3v) is 4.36. The lowest BCUT2D eigenvalue weighted by Crippen LogP contribution is -2.37. The van der Waals surface area contributed by atoms with Crippen LogP contribution in [-0.2, 0) is 19.6 Å². The van der Waals surface area contributed by atoms with E-state index in [1.807, 2.05) is 0 Å². The van der Waals surface area contributed by atoms with E-state index in [1.54, 1.807) is 0 Å². The van der Waals surface area contributed by atoms with Crippen LogP contribution in [0, 0.1) is 10.1 Å². The van der Waals surface area contributed by atoms with Crippen LogP contribution < -0.4 is 0 Å². The van der Waals surface area contributed by atoms with Gasteiger partial charge in [0.2, 0.25) is 10.0 Å². The first-order valence-corrected chi connectivity index (χ1v) is 7.18. The van der Waals surface area contributed by atoms with Gasteiger partial charge in [-0.15, -0.1) is 0 Å². The Hall–Kier alpha value is -2.04. The molecule has 0 aliphatic rings. The van der Waals surface area contributed by atoms with Crippen LogP contribution in [0.25, 0.3) is 0 Å². The van der Waals surface area contributed by atoms with Crippen LogP contribution >= 0.6 is 0 Å². The third-order valence-electron chi connectivity index (χ3n) is 2.52. The molecule has 1 aromatic carbocycles. The second-order valence-corrected chi connectivity index (χ2v) is 5.92. The minimum absolute atomic E-state index is 0.00143. The number of hydrogen-bond acceptors (Lipinski definition) is 6. The summed E-state index contributed by atoms with van der Waals surface area (Å²) in [6.07, 6.45) is 0. The number of sulfonamides is 1. The topological polar surface area (TPSA) is 127 Å². The lowest BCUT2D eigenvalue weighted by atomic mass is 10.3. The number of nitrogens with zero attached hydrogens (tertiary/aromatic N) is 2. The molecule has 0 spiro atoms. The fourth-order valence-electron chi connectivity index (χ4n) is 1.53. The number of carbonyl (C=O) groups is 1. The van der Waals surface area contributed by atoms with Crippen molar-refractivity contribution in [3.8, 4) is 0 Å². The van der Waals surface area contributed by atoms with E-state index in [0.29, 0.717) is 4.31 Å². The molecule has 0 bridgehead atoms. The first-order valence-electron chi connectivity index (χ1n) is 5.74. The van der Waals surface area contributed by atoms with Gasteiger partial charge in [0.25, 0.3) is 5.69 Å². The molecule has 0 atom stereocenters. The van der Waals surface area contributed by atoms with Gasteiger partial charge in [0, 0.05) is 25.8 Å². The molecule has 0 aliphatic carbocycles. The Labute approximate surface area is 120 Å². The molecule has 10 heteroatoms. The van der Waals surface area contributed by atoms with Crippen LogP contribution in [-0.4, -0.2) is 55.5 Å². The molecule has 1 aromatic rings. The average molecular weight is 318 g/mol. The maximum atomic E-state index is 12.3. The Morgan fingerprint density at radius 3 is 2.67 bits per heavy atom. The highest BCUT2D eigenvalue weighted by Gasteiger charge is 2.27. The Bertz CT molecular complexity index is 629. The van der Waals surface area contributed by atoms with Gasteiger partial charge in [-0.05, 0) is 6.07 Å². The summed E-state index contributed by atoms with van der Waals surface area (Å²) in [6.45, 7) is -0.927. The van der Waals surface area contributed by atoms with Crippen LogP contribution in [0.2, 0.25) is 0 Å². The summed E-state index contributed by atoms with van der Waals surface area (Å²) < 4.78 is 30.1. The molecule has 0 aromatic heterocycles. The van der Waals surface area contributed by atoms with Gasteiger partial charge in [0.1, 0.15) is 6.54 Å². The molecule has 1 N–H and O–H groups in total. The van der Waals surface area contributed by atoms with Gasteiger partial charge < -0.3 is 9.84 Å². The first-order chi connectivity index (χ1) is 9.78. The van der Waals surface area contributed by atoms with E-state index < -0.39 is 33.1 Å². The summed E-state index contributed by atoms with van der Waals surface area (Å²) in [5, 5.41) is 19.5. The van der Waals surface area contributed by atoms with Crippen molar-refractivity contribution in [2.24, 2.45) is 0 Å². The number of carboxylic acids is 1. The molecule has 0 heterocycles. The molecule has 21 heavy (non-hydrogen) atoms. The second-order valence-electron chi connectivity index (χ2n) is 3.98. The number of ether oxygens (including phenoxy) is 1. The summed E-state index contributed by atoms with van der Waals surface area (Å²) in [4.78, 5) is 20.4. The van der Waals surface area contributed by atoms with Crippen LogP contribution in [0.1, 0.15) is 0 Å². The highest BCUT2D eigenvalue weighted by atomic mass is 32.2. The van der Waals surface area contributed by atoms with Gasteiger partial charge >= 0.3 is 5.97 Å². The lowest BCUT2D eigenvalue weighted by Gasteiger charge is -2.19. The summed E-state index contributed by atoms with van der Waals surface area (Å²) in [5.74, 6) is -1.33. The lowest BCUT2D eigenvalue weighted by molar-refractivity contribution is -0.385. The van der Waals surface area contributed by atoms with Gasteiger partial charge in [-0.2, -0.15) is 4.31 Å².